The highest BCUT2D eigenvalue weighted by Crippen LogP contribution is 2.39. The molecule has 0 spiro atoms. The maximum Gasteiger partial charge on any atom is 0.414 e. The van der Waals surface area contributed by atoms with Crippen molar-refractivity contribution in [3.63, 3.8) is 0 Å². The Bertz CT molecular complexity index is 822. The van der Waals surface area contributed by atoms with Crippen LogP contribution in [0, 0.1) is 0 Å². The van der Waals surface area contributed by atoms with Crippen LogP contribution in [0.2, 0.25) is 0 Å². The van der Waals surface area contributed by atoms with Crippen molar-refractivity contribution in [2.75, 3.05) is 23.5 Å². The first-order valence-electron chi connectivity index (χ1n) is 8.80. The number of methoxy groups -OCH3 is 1. The molecule has 1 aliphatic heterocycles. The summed E-state index contributed by atoms with van der Waals surface area (Å²) in [5.74, 6) is 0. The molecule has 9 heteroatoms. The van der Waals surface area contributed by atoms with Crippen LogP contribution in [0.4, 0.5) is 16.2 Å². The first kappa shape index (κ1) is 19.1. The zero-order chi connectivity index (χ0) is 19.7. The van der Waals surface area contributed by atoms with Crippen LogP contribution in [0.1, 0.15) is 20.8 Å². The summed E-state index contributed by atoms with van der Waals surface area (Å²) in [5.41, 5.74) is 2.80. The molecule has 9 nitrogen and oxygen atoms in total. The molecule has 1 amide bonds. The van der Waals surface area contributed by atoms with Gasteiger partial charge in [0, 0.05) is 32.3 Å². The van der Waals surface area contributed by atoms with Gasteiger partial charge in [0.25, 0.3) is 0 Å². The number of aryl methyl sites for hydroxylation is 1. The Morgan fingerprint density at radius 3 is 2.67 bits per heavy atom. The van der Waals surface area contributed by atoms with Gasteiger partial charge in [0.2, 0.25) is 6.41 Å². The smallest absolute Gasteiger partial charge is 0.414 e. The highest BCUT2D eigenvalue weighted by Gasteiger charge is 2.36. The number of carbonyl (C=O) groups excluding carboxylic acids is 1. The first-order valence-corrected chi connectivity index (χ1v) is 8.80. The minimum absolute atomic E-state index is 0.172. The summed E-state index contributed by atoms with van der Waals surface area (Å²) in [7, 11) is 3.23. The van der Waals surface area contributed by atoms with E-state index in [1.54, 1.807) is 27.7 Å². The summed E-state index contributed by atoms with van der Waals surface area (Å²) in [5, 5.41) is 18.4. The van der Waals surface area contributed by atoms with Crippen LogP contribution in [-0.2, 0) is 16.5 Å². The van der Waals surface area contributed by atoms with Crippen LogP contribution < -0.4 is 9.80 Å². The van der Waals surface area contributed by atoms with E-state index in [0.717, 1.165) is 5.56 Å². The fraction of sp³-hybridized carbons (Fsp3) is 0.500. The van der Waals surface area contributed by atoms with Gasteiger partial charge in [-0.3, -0.25) is 9.58 Å². The second-order valence-electron chi connectivity index (χ2n) is 6.84. The molecule has 1 N–H and O–H groups in total. The topological polar surface area (TPSA) is 93.0 Å². The highest BCUT2D eigenvalue weighted by molar-refractivity contribution is 5.95. The van der Waals surface area contributed by atoms with Gasteiger partial charge in [-0.15, -0.1) is 5.10 Å². The molecule has 2 aromatic rings. The predicted octanol–water partition coefficient (Wildman–Crippen LogP) is 1.96. The van der Waals surface area contributed by atoms with Crippen molar-refractivity contribution >= 4 is 17.5 Å². The van der Waals surface area contributed by atoms with E-state index in [0.29, 0.717) is 23.6 Å². The van der Waals surface area contributed by atoms with Crippen molar-refractivity contribution in [1.82, 2.24) is 15.0 Å². The molecule has 3 rings (SSSR count). The molecule has 146 valence electrons. The lowest BCUT2D eigenvalue weighted by Gasteiger charge is -2.43. The second kappa shape index (κ2) is 7.53. The average molecular weight is 375 g/mol. The molecule has 0 bridgehead atoms. The maximum absolute atomic E-state index is 12.7. The minimum atomic E-state index is -1.12. The van der Waals surface area contributed by atoms with Crippen LogP contribution >= 0.6 is 0 Å². The fourth-order valence-electron chi connectivity index (χ4n) is 3.17. The number of fused-ring (bicyclic) bond motifs is 1. The lowest BCUT2D eigenvalue weighted by Crippen LogP contribution is -2.54. The number of hydrogen-bond acceptors (Lipinski definition) is 7. The van der Waals surface area contributed by atoms with Gasteiger partial charge in [-0.05, 0) is 32.9 Å². The first-order chi connectivity index (χ1) is 12.8. The Morgan fingerprint density at radius 2 is 2.07 bits per heavy atom. The molecular weight excluding hydrogens is 350 g/mol. The molecular formula is C18H25N5O4. The Kier molecular flexibility index (Phi) is 5.33. The van der Waals surface area contributed by atoms with Gasteiger partial charge in [-0.1, -0.05) is 11.3 Å². The fourth-order valence-corrected chi connectivity index (χ4v) is 3.17. The zero-order valence-electron chi connectivity index (χ0n) is 16.2. The summed E-state index contributed by atoms with van der Waals surface area (Å²) in [6.45, 7) is 5.88. The number of aliphatic hydroxyl groups is 1. The van der Waals surface area contributed by atoms with E-state index in [9.17, 15) is 9.90 Å². The van der Waals surface area contributed by atoms with E-state index in [1.807, 2.05) is 39.0 Å². The van der Waals surface area contributed by atoms with Gasteiger partial charge in [-0.25, -0.2) is 4.79 Å². The number of benzene rings is 1. The van der Waals surface area contributed by atoms with Gasteiger partial charge < -0.3 is 19.5 Å². The molecule has 1 aliphatic rings. The highest BCUT2D eigenvalue weighted by atomic mass is 16.6. The molecule has 0 radical (unpaired) electrons. The standard InChI is InChI=1S/C18H25N5O4/c1-11(2)27-17(24)22-9-12(3)23(18(25)26-5)15-7-6-13(8-16(15)22)14-10-21(4)20-19-14/h6-8,10-12,18,25H,9H2,1-5H3/t12-,18?/m0/s1. The third-order valence-electron chi connectivity index (χ3n) is 4.37. The van der Waals surface area contributed by atoms with Crippen molar-refractivity contribution in [3.05, 3.63) is 24.4 Å². The maximum atomic E-state index is 12.7. The zero-order valence-corrected chi connectivity index (χ0v) is 16.2. The Labute approximate surface area is 158 Å². The quantitative estimate of drug-likeness (QED) is 0.817. The van der Waals surface area contributed by atoms with Crippen LogP contribution in [0.15, 0.2) is 24.4 Å². The van der Waals surface area contributed by atoms with Gasteiger partial charge in [0.15, 0.2) is 0 Å². The van der Waals surface area contributed by atoms with E-state index in [4.69, 9.17) is 9.47 Å². The largest absolute Gasteiger partial charge is 0.446 e. The van der Waals surface area contributed by atoms with Crippen molar-refractivity contribution in [2.45, 2.75) is 39.3 Å². The number of aliphatic hydroxyl groups excluding tert-OH is 1. The predicted molar refractivity (Wildman–Crippen MR) is 100 cm³/mol. The van der Waals surface area contributed by atoms with Crippen molar-refractivity contribution in [3.8, 4) is 11.3 Å². The third-order valence-corrected chi connectivity index (χ3v) is 4.37. The number of hydrogen-bond donors (Lipinski definition) is 1. The van der Waals surface area contributed by atoms with Crippen LogP contribution in [0.25, 0.3) is 11.3 Å². The van der Waals surface area contributed by atoms with Crippen LogP contribution in [0.5, 0.6) is 0 Å². The summed E-state index contributed by atoms with van der Waals surface area (Å²) in [4.78, 5) is 16.0. The number of rotatable bonds is 4. The van der Waals surface area contributed by atoms with Gasteiger partial charge in [-0.2, -0.15) is 0 Å². The van der Waals surface area contributed by atoms with Crippen LogP contribution in [-0.4, -0.2) is 58.4 Å². The van der Waals surface area contributed by atoms with E-state index in [-0.39, 0.29) is 12.1 Å². The lowest BCUT2D eigenvalue weighted by molar-refractivity contribution is -0.0785. The van der Waals surface area contributed by atoms with Crippen molar-refractivity contribution in [1.29, 1.82) is 0 Å². The average Bonchev–Trinajstić information content (AvgIpc) is 3.06. The SMILES string of the molecule is COC(O)N1c2ccc(-c3cn(C)nn3)cc2N(C(=O)OC(C)C)C[C@@H]1C. The molecule has 0 fully saturated rings. The van der Waals surface area contributed by atoms with E-state index in [2.05, 4.69) is 10.3 Å². The number of nitrogens with zero attached hydrogens (tertiary/aromatic N) is 5. The molecule has 27 heavy (non-hydrogen) atoms. The number of carbonyl (C=O) groups is 1. The summed E-state index contributed by atoms with van der Waals surface area (Å²) >= 11 is 0. The molecule has 0 saturated heterocycles. The Balaban J connectivity index is 2.08. The molecule has 2 heterocycles. The monoisotopic (exact) mass is 375 g/mol. The molecule has 1 unspecified atom stereocenters. The molecule has 1 aromatic heterocycles. The summed E-state index contributed by atoms with van der Waals surface area (Å²) in [6, 6.07) is 5.40. The van der Waals surface area contributed by atoms with Gasteiger partial charge in [0.05, 0.1) is 23.7 Å². The summed E-state index contributed by atoms with van der Waals surface area (Å²) < 4.78 is 12.1. The Morgan fingerprint density at radius 1 is 1.33 bits per heavy atom. The lowest BCUT2D eigenvalue weighted by atomic mass is 10.0. The van der Waals surface area contributed by atoms with E-state index in [1.165, 1.54) is 7.11 Å². The second-order valence-corrected chi connectivity index (χ2v) is 6.84. The van der Waals surface area contributed by atoms with Crippen molar-refractivity contribution < 1.29 is 19.4 Å². The van der Waals surface area contributed by atoms with Crippen LogP contribution in [0.3, 0.4) is 0 Å². The normalized spacial score (nSPS) is 17.8. The third kappa shape index (κ3) is 3.74. The molecule has 0 aliphatic carbocycles. The number of amides is 1. The molecule has 0 saturated carbocycles. The number of aromatic nitrogens is 3. The molecule has 1 aromatic carbocycles. The summed E-state index contributed by atoms with van der Waals surface area (Å²) in [6.07, 6.45) is 0.0125. The van der Waals surface area contributed by atoms with Gasteiger partial charge in [0.1, 0.15) is 5.69 Å². The minimum Gasteiger partial charge on any atom is -0.446 e. The van der Waals surface area contributed by atoms with E-state index < -0.39 is 12.5 Å². The Hall–Kier alpha value is -2.65. The van der Waals surface area contributed by atoms with Gasteiger partial charge >= 0.3 is 6.09 Å². The number of anilines is 2. The van der Waals surface area contributed by atoms with E-state index >= 15 is 0 Å². The molecule has 2 atom stereocenters. The number of ether oxygens (including phenoxy) is 2. The van der Waals surface area contributed by atoms with Crippen molar-refractivity contribution in [2.24, 2.45) is 7.05 Å².